The van der Waals surface area contributed by atoms with Crippen LogP contribution in [-0.4, -0.2) is 17.0 Å². The molecule has 1 N–H and O–H groups in total. The van der Waals surface area contributed by atoms with Crippen LogP contribution in [0.2, 0.25) is 0 Å². The van der Waals surface area contributed by atoms with Crippen molar-refractivity contribution < 1.29 is 0 Å². The highest BCUT2D eigenvalue weighted by Crippen LogP contribution is 2.33. The van der Waals surface area contributed by atoms with Gasteiger partial charge in [0.05, 0.1) is 6.54 Å². The summed E-state index contributed by atoms with van der Waals surface area (Å²) in [6.45, 7) is 9.91. The van der Waals surface area contributed by atoms with Crippen molar-refractivity contribution in [1.29, 1.82) is 0 Å². The number of benzene rings is 1. The maximum absolute atomic E-state index is 4.62. The Labute approximate surface area is 128 Å². The lowest BCUT2D eigenvalue weighted by atomic mass is 9.90. The van der Waals surface area contributed by atoms with Gasteiger partial charge in [-0.25, -0.2) is 0 Å². The Bertz CT molecular complexity index is 491. The molecule has 0 aliphatic carbocycles. The summed E-state index contributed by atoms with van der Waals surface area (Å²) in [6, 6.07) is 6.28. The van der Waals surface area contributed by atoms with Crippen LogP contribution in [0.5, 0.6) is 0 Å². The van der Waals surface area contributed by atoms with Gasteiger partial charge in [0.15, 0.2) is 5.17 Å². The summed E-state index contributed by atoms with van der Waals surface area (Å²) >= 11 is 5.38. The Morgan fingerprint density at radius 1 is 1.42 bits per heavy atom. The molecule has 0 fully saturated rings. The lowest BCUT2D eigenvalue weighted by molar-refractivity contribution is 0.375. The van der Waals surface area contributed by atoms with E-state index in [0.29, 0.717) is 10.7 Å². The molecule has 19 heavy (non-hydrogen) atoms. The van der Waals surface area contributed by atoms with E-state index in [9.17, 15) is 0 Å². The molecule has 1 aromatic carbocycles. The Morgan fingerprint density at radius 2 is 2.16 bits per heavy atom. The number of nitrogens with one attached hydrogen (secondary N) is 1. The summed E-state index contributed by atoms with van der Waals surface area (Å²) in [7, 11) is 0. The van der Waals surface area contributed by atoms with Crippen molar-refractivity contribution in [3.8, 4) is 0 Å². The first-order chi connectivity index (χ1) is 8.83. The zero-order chi connectivity index (χ0) is 14.0. The van der Waals surface area contributed by atoms with Gasteiger partial charge in [-0.05, 0) is 36.5 Å². The molecule has 0 spiro atoms. The summed E-state index contributed by atoms with van der Waals surface area (Å²) in [4.78, 5) is 4.62. The fraction of sp³-hybridized carbons (Fsp3) is 0.533. The molecule has 1 unspecified atom stereocenters. The number of hydrogen-bond acceptors (Lipinski definition) is 3. The number of rotatable bonds is 2. The molecule has 0 saturated heterocycles. The highest BCUT2D eigenvalue weighted by atomic mass is 79.9. The van der Waals surface area contributed by atoms with E-state index in [0.717, 1.165) is 21.9 Å². The van der Waals surface area contributed by atoms with E-state index in [1.807, 2.05) is 11.8 Å². The minimum atomic E-state index is 0.369. The fourth-order valence-electron chi connectivity index (χ4n) is 2.12. The lowest BCUT2D eigenvalue weighted by Crippen LogP contribution is -2.16. The zero-order valence-electron chi connectivity index (χ0n) is 12.0. The van der Waals surface area contributed by atoms with Crippen molar-refractivity contribution in [1.82, 2.24) is 0 Å². The van der Waals surface area contributed by atoms with E-state index in [1.165, 1.54) is 12.0 Å². The largest absolute Gasteiger partial charge is 0.335 e. The number of hydrogen-bond donors (Lipinski definition) is 1. The minimum absolute atomic E-state index is 0.369. The van der Waals surface area contributed by atoms with Crippen LogP contribution in [0.3, 0.4) is 0 Å². The molecule has 1 heterocycles. The second kappa shape index (κ2) is 5.88. The minimum Gasteiger partial charge on any atom is -0.335 e. The Balaban J connectivity index is 1.97. The van der Waals surface area contributed by atoms with Crippen LogP contribution in [0.15, 0.2) is 27.7 Å². The molecule has 1 aliphatic heterocycles. The van der Waals surface area contributed by atoms with E-state index in [-0.39, 0.29) is 0 Å². The third-order valence-corrected chi connectivity index (χ3v) is 4.59. The molecule has 0 saturated carbocycles. The van der Waals surface area contributed by atoms with Crippen molar-refractivity contribution >= 4 is 38.5 Å². The maximum Gasteiger partial charge on any atom is 0.161 e. The molecular weight excluding hydrogens is 320 g/mol. The smallest absolute Gasteiger partial charge is 0.161 e. The van der Waals surface area contributed by atoms with Crippen molar-refractivity contribution in [3.63, 3.8) is 0 Å². The Morgan fingerprint density at radius 3 is 2.84 bits per heavy atom. The molecule has 0 bridgehead atoms. The van der Waals surface area contributed by atoms with Gasteiger partial charge in [-0.2, -0.15) is 0 Å². The second-order valence-electron chi connectivity index (χ2n) is 6.23. The molecule has 4 heteroatoms. The molecular formula is C15H21BrN2S. The van der Waals surface area contributed by atoms with E-state index in [4.69, 9.17) is 0 Å². The number of amidine groups is 1. The van der Waals surface area contributed by atoms with Crippen LogP contribution in [0.1, 0.15) is 32.8 Å². The molecule has 0 amide bonds. The summed E-state index contributed by atoms with van der Waals surface area (Å²) < 4.78 is 1.09. The SMILES string of the molecule is Cc1ccc(Br)cc1NC1=NCC(CC(C)(C)C)S1. The topological polar surface area (TPSA) is 24.4 Å². The zero-order valence-corrected chi connectivity index (χ0v) is 14.4. The molecule has 1 atom stereocenters. The molecule has 1 aliphatic rings. The van der Waals surface area contributed by atoms with Gasteiger partial charge in [0.2, 0.25) is 0 Å². The second-order valence-corrected chi connectivity index (χ2v) is 8.44. The third-order valence-electron chi connectivity index (χ3n) is 3.00. The van der Waals surface area contributed by atoms with Crippen molar-refractivity contribution in [2.45, 2.75) is 39.4 Å². The fourth-order valence-corrected chi connectivity index (χ4v) is 3.85. The number of thioether (sulfide) groups is 1. The van der Waals surface area contributed by atoms with E-state index >= 15 is 0 Å². The Hall–Kier alpha value is -0.480. The number of anilines is 1. The molecule has 104 valence electrons. The highest BCUT2D eigenvalue weighted by Gasteiger charge is 2.25. The van der Waals surface area contributed by atoms with Crippen LogP contribution in [-0.2, 0) is 0 Å². The van der Waals surface area contributed by atoms with Gasteiger partial charge in [0.1, 0.15) is 0 Å². The van der Waals surface area contributed by atoms with Gasteiger partial charge in [-0.3, -0.25) is 4.99 Å². The van der Waals surface area contributed by atoms with Gasteiger partial charge < -0.3 is 5.32 Å². The number of nitrogens with zero attached hydrogens (tertiary/aromatic N) is 1. The summed E-state index contributed by atoms with van der Waals surface area (Å²) in [5.74, 6) is 0. The standard InChI is InChI=1S/C15H21BrN2S/c1-10-5-6-11(16)7-13(10)18-14-17-9-12(19-14)8-15(2,3)4/h5-7,12H,8-9H2,1-4H3,(H,17,18). The van der Waals surface area contributed by atoms with Crippen molar-refractivity contribution in [2.24, 2.45) is 10.4 Å². The maximum atomic E-state index is 4.62. The van der Waals surface area contributed by atoms with Crippen LogP contribution >= 0.6 is 27.7 Å². The first-order valence-corrected chi connectivity index (χ1v) is 8.25. The predicted octanol–water partition coefficient (Wildman–Crippen LogP) is 5.08. The summed E-state index contributed by atoms with van der Waals surface area (Å²) in [6.07, 6.45) is 1.20. The van der Waals surface area contributed by atoms with Crippen molar-refractivity contribution in [3.05, 3.63) is 28.2 Å². The molecule has 2 rings (SSSR count). The van der Waals surface area contributed by atoms with Gasteiger partial charge in [0.25, 0.3) is 0 Å². The summed E-state index contributed by atoms with van der Waals surface area (Å²) in [5.41, 5.74) is 2.75. The van der Waals surface area contributed by atoms with Crippen LogP contribution in [0, 0.1) is 12.3 Å². The predicted molar refractivity (Wildman–Crippen MR) is 90.3 cm³/mol. The normalized spacial score (nSPS) is 19.4. The molecule has 1 aromatic rings. The third kappa shape index (κ3) is 4.53. The molecule has 2 nitrogen and oxygen atoms in total. The van der Waals surface area contributed by atoms with Crippen LogP contribution < -0.4 is 5.32 Å². The lowest BCUT2D eigenvalue weighted by Gasteiger charge is -2.21. The number of halogens is 1. The number of aryl methyl sites for hydroxylation is 1. The number of aliphatic imine (C=N–C) groups is 1. The first-order valence-electron chi connectivity index (χ1n) is 6.58. The van der Waals surface area contributed by atoms with Crippen LogP contribution in [0.4, 0.5) is 5.69 Å². The van der Waals surface area contributed by atoms with Crippen molar-refractivity contribution in [2.75, 3.05) is 11.9 Å². The Kier molecular flexibility index (Phi) is 4.62. The molecule has 0 aromatic heterocycles. The van der Waals surface area contributed by atoms with E-state index < -0.39 is 0 Å². The van der Waals surface area contributed by atoms with Gasteiger partial charge in [0, 0.05) is 15.4 Å². The molecule has 0 radical (unpaired) electrons. The van der Waals surface area contributed by atoms with Crippen LogP contribution in [0.25, 0.3) is 0 Å². The highest BCUT2D eigenvalue weighted by molar-refractivity contribution is 9.10. The van der Waals surface area contributed by atoms with E-state index in [2.05, 4.69) is 72.1 Å². The summed E-state index contributed by atoms with van der Waals surface area (Å²) in [5, 5.41) is 5.11. The average Bonchev–Trinajstić information content (AvgIpc) is 2.68. The quantitative estimate of drug-likeness (QED) is 0.811. The van der Waals surface area contributed by atoms with Gasteiger partial charge in [-0.15, -0.1) is 0 Å². The van der Waals surface area contributed by atoms with E-state index in [1.54, 1.807) is 0 Å². The van der Waals surface area contributed by atoms with Gasteiger partial charge in [-0.1, -0.05) is 54.5 Å². The average molecular weight is 341 g/mol. The first kappa shape index (κ1) is 14.9. The monoisotopic (exact) mass is 340 g/mol. The van der Waals surface area contributed by atoms with Gasteiger partial charge >= 0.3 is 0 Å².